The first-order valence-electron chi connectivity index (χ1n) is 6.77. The second kappa shape index (κ2) is 6.97. The van der Waals surface area contributed by atoms with Gasteiger partial charge in [0.15, 0.2) is 0 Å². The summed E-state index contributed by atoms with van der Waals surface area (Å²) in [7, 11) is 0. The van der Waals surface area contributed by atoms with Crippen LogP contribution in [-0.2, 0) is 4.79 Å². The highest BCUT2D eigenvalue weighted by atomic mass is 16.3. The first-order chi connectivity index (χ1) is 8.15. The van der Waals surface area contributed by atoms with Crippen LogP contribution in [0, 0.1) is 11.8 Å². The zero-order valence-electron chi connectivity index (χ0n) is 11.3. The molecule has 100 valence electrons. The largest absolute Gasteiger partial charge is 0.395 e. The van der Waals surface area contributed by atoms with Crippen LogP contribution >= 0.6 is 0 Å². The summed E-state index contributed by atoms with van der Waals surface area (Å²) in [5.74, 6) is 0.699. The summed E-state index contributed by atoms with van der Waals surface area (Å²) < 4.78 is 0. The van der Waals surface area contributed by atoms with Gasteiger partial charge in [-0.2, -0.15) is 0 Å². The molecule has 4 heteroatoms. The van der Waals surface area contributed by atoms with Crippen LogP contribution in [0.1, 0.15) is 33.6 Å². The van der Waals surface area contributed by atoms with Gasteiger partial charge in [-0.15, -0.1) is 0 Å². The van der Waals surface area contributed by atoms with Gasteiger partial charge in [0.05, 0.1) is 12.5 Å². The maximum absolute atomic E-state index is 12.5. The van der Waals surface area contributed by atoms with Gasteiger partial charge in [-0.3, -0.25) is 4.79 Å². The van der Waals surface area contributed by atoms with Gasteiger partial charge in [-0.25, -0.2) is 0 Å². The number of carbonyl (C=O) groups excluding carboxylic acids is 1. The minimum absolute atomic E-state index is 0.0524. The molecule has 0 aromatic rings. The van der Waals surface area contributed by atoms with Crippen molar-refractivity contribution in [3.05, 3.63) is 0 Å². The van der Waals surface area contributed by atoms with E-state index in [-0.39, 0.29) is 24.5 Å². The first kappa shape index (κ1) is 14.5. The van der Waals surface area contributed by atoms with Crippen molar-refractivity contribution in [2.45, 2.75) is 39.7 Å². The van der Waals surface area contributed by atoms with E-state index >= 15 is 0 Å². The van der Waals surface area contributed by atoms with E-state index in [1.165, 1.54) is 0 Å². The molecule has 4 nitrogen and oxygen atoms in total. The Labute approximate surface area is 104 Å². The molecule has 1 saturated heterocycles. The van der Waals surface area contributed by atoms with E-state index < -0.39 is 0 Å². The van der Waals surface area contributed by atoms with E-state index in [0.29, 0.717) is 12.5 Å². The van der Waals surface area contributed by atoms with Gasteiger partial charge in [0.1, 0.15) is 0 Å². The summed E-state index contributed by atoms with van der Waals surface area (Å²) in [6, 6.07) is 0.266. The Balaban J connectivity index is 2.71. The summed E-state index contributed by atoms with van der Waals surface area (Å²) >= 11 is 0. The molecule has 1 amide bonds. The Morgan fingerprint density at radius 2 is 2.06 bits per heavy atom. The molecule has 0 aromatic carbocycles. The third-order valence-electron chi connectivity index (χ3n) is 3.84. The average molecular weight is 242 g/mol. The summed E-state index contributed by atoms with van der Waals surface area (Å²) in [6.45, 7) is 8.54. The number of hydrogen-bond donors (Lipinski definition) is 2. The molecule has 1 aliphatic rings. The van der Waals surface area contributed by atoms with E-state index in [1.807, 2.05) is 4.90 Å². The lowest BCUT2D eigenvalue weighted by Gasteiger charge is -2.33. The number of hydrogen-bond acceptors (Lipinski definition) is 3. The molecule has 1 heterocycles. The highest BCUT2D eigenvalue weighted by Gasteiger charge is 2.34. The molecule has 2 unspecified atom stereocenters. The van der Waals surface area contributed by atoms with E-state index in [4.69, 9.17) is 5.11 Å². The minimum atomic E-state index is 0.0524. The van der Waals surface area contributed by atoms with Gasteiger partial charge in [0, 0.05) is 19.1 Å². The minimum Gasteiger partial charge on any atom is -0.395 e. The predicted molar refractivity (Wildman–Crippen MR) is 68.7 cm³/mol. The summed E-state index contributed by atoms with van der Waals surface area (Å²) in [5.41, 5.74) is 0. The second-order valence-electron chi connectivity index (χ2n) is 4.97. The van der Waals surface area contributed by atoms with E-state index in [0.717, 1.165) is 25.9 Å². The molecule has 2 N–H and O–H groups in total. The van der Waals surface area contributed by atoms with Crippen LogP contribution in [0.2, 0.25) is 0 Å². The van der Waals surface area contributed by atoms with Crippen molar-refractivity contribution in [3.63, 3.8) is 0 Å². The molecule has 0 spiro atoms. The number of aliphatic hydroxyl groups is 1. The molecule has 2 atom stereocenters. The smallest absolute Gasteiger partial charge is 0.227 e. The molecular weight excluding hydrogens is 216 g/mol. The van der Waals surface area contributed by atoms with Crippen LogP contribution in [0.5, 0.6) is 0 Å². The number of rotatable bonds is 6. The van der Waals surface area contributed by atoms with Gasteiger partial charge in [0.25, 0.3) is 0 Å². The van der Waals surface area contributed by atoms with Gasteiger partial charge in [0.2, 0.25) is 5.91 Å². The molecule has 0 aliphatic carbocycles. The van der Waals surface area contributed by atoms with E-state index in [2.05, 4.69) is 26.1 Å². The third-order valence-corrected chi connectivity index (χ3v) is 3.84. The molecule has 0 radical (unpaired) electrons. The fourth-order valence-corrected chi connectivity index (χ4v) is 2.66. The highest BCUT2D eigenvalue weighted by Crippen LogP contribution is 2.21. The standard InChI is InChI=1S/C13H26N2O2/c1-4-11(5-2)15(6-7-16)13(17)12-9-14-8-10(12)3/h10-12,14,16H,4-9H2,1-3H3. The fraction of sp³-hybridized carbons (Fsp3) is 0.923. The van der Waals surface area contributed by atoms with Crippen molar-refractivity contribution in [1.29, 1.82) is 0 Å². The van der Waals surface area contributed by atoms with Crippen molar-refractivity contribution in [2.24, 2.45) is 11.8 Å². The van der Waals surface area contributed by atoms with Crippen molar-refractivity contribution in [1.82, 2.24) is 10.2 Å². The van der Waals surface area contributed by atoms with Crippen LogP contribution in [0.3, 0.4) is 0 Å². The van der Waals surface area contributed by atoms with Gasteiger partial charge in [-0.1, -0.05) is 20.8 Å². The summed E-state index contributed by atoms with van der Waals surface area (Å²) in [6.07, 6.45) is 1.91. The molecule has 0 aromatic heterocycles. The Hall–Kier alpha value is -0.610. The molecule has 0 bridgehead atoms. The number of nitrogens with one attached hydrogen (secondary N) is 1. The molecule has 17 heavy (non-hydrogen) atoms. The molecular formula is C13H26N2O2. The Kier molecular flexibility index (Phi) is 5.92. The van der Waals surface area contributed by atoms with E-state index in [9.17, 15) is 4.79 Å². The summed E-state index contributed by atoms with van der Waals surface area (Å²) in [4.78, 5) is 14.4. The lowest BCUT2D eigenvalue weighted by Crippen LogP contribution is -2.46. The topological polar surface area (TPSA) is 52.6 Å². The number of carbonyl (C=O) groups is 1. The highest BCUT2D eigenvalue weighted by molar-refractivity contribution is 5.80. The zero-order chi connectivity index (χ0) is 12.8. The molecule has 1 rings (SSSR count). The zero-order valence-corrected chi connectivity index (χ0v) is 11.3. The van der Waals surface area contributed by atoms with Crippen molar-refractivity contribution in [2.75, 3.05) is 26.2 Å². The van der Waals surface area contributed by atoms with E-state index in [1.54, 1.807) is 0 Å². The van der Waals surface area contributed by atoms with Crippen LogP contribution in [0.25, 0.3) is 0 Å². The average Bonchev–Trinajstić information content (AvgIpc) is 2.75. The Bertz CT molecular complexity index is 242. The van der Waals surface area contributed by atoms with Crippen molar-refractivity contribution in [3.8, 4) is 0 Å². The van der Waals surface area contributed by atoms with Gasteiger partial charge < -0.3 is 15.3 Å². The lowest BCUT2D eigenvalue weighted by molar-refractivity contribution is -0.139. The maximum atomic E-state index is 12.5. The quantitative estimate of drug-likeness (QED) is 0.726. The predicted octanol–water partition coefficient (Wildman–Crippen LogP) is 0.851. The van der Waals surface area contributed by atoms with Crippen LogP contribution in [-0.4, -0.2) is 48.2 Å². The lowest BCUT2D eigenvalue weighted by atomic mass is 9.95. The Morgan fingerprint density at radius 1 is 1.41 bits per heavy atom. The first-order valence-corrected chi connectivity index (χ1v) is 6.77. The summed E-state index contributed by atoms with van der Waals surface area (Å²) in [5, 5.41) is 12.4. The Morgan fingerprint density at radius 3 is 2.47 bits per heavy atom. The van der Waals surface area contributed by atoms with Crippen molar-refractivity contribution < 1.29 is 9.90 Å². The van der Waals surface area contributed by atoms with Gasteiger partial charge >= 0.3 is 0 Å². The van der Waals surface area contributed by atoms with Crippen molar-refractivity contribution >= 4 is 5.91 Å². The van der Waals surface area contributed by atoms with Gasteiger partial charge in [-0.05, 0) is 25.3 Å². The SMILES string of the molecule is CCC(CC)N(CCO)C(=O)C1CNCC1C. The second-order valence-corrected chi connectivity index (χ2v) is 4.97. The normalized spacial score (nSPS) is 24.3. The monoisotopic (exact) mass is 242 g/mol. The molecule has 1 aliphatic heterocycles. The number of amides is 1. The van der Waals surface area contributed by atoms with Crippen LogP contribution in [0.4, 0.5) is 0 Å². The maximum Gasteiger partial charge on any atom is 0.227 e. The number of aliphatic hydroxyl groups excluding tert-OH is 1. The number of nitrogens with zero attached hydrogens (tertiary/aromatic N) is 1. The molecule has 0 saturated carbocycles. The third kappa shape index (κ3) is 3.42. The van der Waals surface area contributed by atoms with Crippen LogP contribution < -0.4 is 5.32 Å². The van der Waals surface area contributed by atoms with Crippen LogP contribution in [0.15, 0.2) is 0 Å². The fourth-order valence-electron chi connectivity index (χ4n) is 2.66. The molecule has 1 fully saturated rings.